The van der Waals surface area contributed by atoms with E-state index in [1.165, 1.54) is 11.1 Å². The Morgan fingerprint density at radius 1 is 0.854 bits per heavy atom. The topological polar surface area (TPSA) is 87.5 Å². The first-order chi connectivity index (χ1) is 23.2. The van der Waals surface area contributed by atoms with Crippen molar-refractivity contribution in [3.05, 3.63) is 125 Å². The molecule has 4 aromatic carbocycles. The Hall–Kier alpha value is -5.70. The maximum atomic E-state index is 14.5. The Morgan fingerprint density at radius 2 is 1.58 bits per heavy atom. The van der Waals surface area contributed by atoms with Crippen LogP contribution in [0.1, 0.15) is 50.0 Å². The van der Waals surface area contributed by atoms with Gasteiger partial charge in [0.15, 0.2) is 11.5 Å². The van der Waals surface area contributed by atoms with Gasteiger partial charge in [-0.1, -0.05) is 24.3 Å². The summed E-state index contributed by atoms with van der Waals surface area (Å²) in [7, 11) is 2.07. The maximum Gasteiger partial charge on any atom is 0.264 e. The molecular weight excluding hydrogens is 604 g/mol. The molecule has 1 N–H and O–H groups in total. The van der Waals surface area contributed by atoms with E-state index in [1.54, 1.807) is 41.4 Å². The number of phenols is 1. The lowest BCUT2D eigenvalue weighted by atomic mass is 9.94. The van der Waals surface area contributed by atoms with Crippen molar-refractivity contribution in [1.29, 1.82) is 0 Å². The molecule has 1 atom stereocenters. The molecule has 0 fully saturated rings. The van der Waals surface area contributed by atoms with Gasteiger partial charge in [-0.25, -0.2) is 0 Å². The van der Waals surface area contributed by atoms with Gasteiger partial charge in [0.25, 0.3) is 11.8 Å². The molecule has 4 heterocycles. The van der Waals surface area contributed by atoms with Gasteiger partial charge < -0.3 is 28.9 Å². The van der Waals surface area contributed by atoms with Gasteiger partial charge in [0.05, 0.1) is 16.8 Å². The second-order valence-corrected chi connectivity index (χ2v) is 12.9. The first-order valence-corrected chi connectivity index (χ1v) is 16.2. The van der Waals surface area contributed by atoms with Gasteiger partial charge in [-0.15, -0.1) is 0 Å². The number of nitrogens with zero attached hydrogens (tertiary/aromatic N) is 4. The first kappa shape index (κ1) is 29.7. The van der Waals surface area contributed by atoms with E-state index in [0.717, 1.165) is 42.0 Å². The standard InChI is InChI=1S/C39H36N4O5/c1-24-17-29(38(45)43(30-8-11-32(44)12-9-30)31-10-13-34-27(18-31)14-15-40(34)3)22-41(24)35-20-37-36(47-23-48-37)19-33(35)39(46)42-21-28-7-5-4-6-26(28)16-25(42)2/h4-13,17-20,22,25,44H,14-16,21,23H2,1-3H3/t25-/m1/s1. The van der Waals surface area contributed by atoms with E-state index >= 15 is 0 Å². The molecule has 1 aromatic heterocycles. The number of aryl methyl sites for hydroxylation is 1. The fraction of sp³-hybridized carbons (Fsp3) is 0.231. The van der Waals surface area contributed by atoms with Gasteiger partial charge in [-0.05, 0) is 98.0 Å². The highest BCUT2D eigenvalue weighted by molar-refractivity contribution is 6.11. The number of anilines is 3. The minimum atomic E-state index is -0.233. The van der Waals surface area contributed by atoms with Crippen molar-refractivity contribution >= 4 is 28.9 Å². The van der Waals surface area contributed by atoms with Crippen molar-refractivity contribution in [3.63, 3.8) is 0 Å². The third-order valence-electron chi connectivity index (χ3n) is 9.77. The average molecular weight is 641 g/mol. The molecule has 3 aliphatic rings. The number of hydrogen-bond acceptors (Lipinski definition) is 6. The maximum absolute atomic E-state index is 14.5. The van der Waals surface area contributed by atoms with Crippen molar-refractivity contribution < 1.29 is 24.2 Å². The molecule has 0 radical (unpaired) electrons. The summed E-state index contributed by atoms with van der Waals surface area (Å²) in [5.74, 6) is 0.849. The smallest absolute Gasteiger partial charge is 0.264 e. The molecule has 8 rings (SSSR count). The summed E-state index contributed by atoms with van der Waals surface area (Å²) in [4.78, 5) is 34.7. The largest absolute Gasteiger partial charge is 0.508 e. The summed E-state index contributed by atoms with van der Waals surface area (Å²) in [5, 5.41) is 10.0. The molecule has 3 aliphatic heterocycles. The number of benzene rings is 4. The molecule has 9 heteroatoms. The summed E-state index contributed by atoms with van der Waals surface area (Å²) in [6, 6.07) is 26.4. The van der Waals surface area contributed by atoms with Crippen LogP contribution in [0.2, 0.25) is 0 Å². The van der Waals surface area contributed by atoms with E-state index in [0.29, 0.717) is 40.5 Å². The number of hydrogen-bond donors (Lipinski definition) is 1. The van der Waals surface area contributed by atoms with Gasteiger partial charge in [-0.3, -0.25) is 14.5 Å². The number of amides is 2. The molecule has 0 bridgehead atoms. The Morgan fingerprint density at radius 3 is 2.38 bits per heavy atom. The van der Waals surface area contributed by atoms with Crippen LogP contribution in [0.4, 0.5) is 17.1 Å². The number of carbonyl (C=O) groups excluding carboxylic acids is 2. The first-order valence-electron chi connectivity index (χ1n) is 16.2. The van der Waals surface area contributed by atoms with E-state index in [2.05, 4.69) is 43.1 Å². The number of phenolic OH excluding ortho intramolecular Hbond substituents is 1. The molecule has 0 saturated heterocycles. The Bertz CT molecular complexity index is 2090. The highest BCUT2D eigenvalue weighted by Gasteiger charge is 2.32. The summed E-state index contributed by atoms with van der Waals surface area (Å²) >= 11 is 0. The van der Waals surface area contributed by atoms with Crippen LogP contribution in [0.3, 0.4) is 0 Å². The zero-order valence-corrected chi connectivity index (χ0v) is 27.1. The van der Waals surface area contributed by atoms with E-state index in [-0.39, 0.29) is 30.4 Å². The number of aromatic nitrogens is 1. The molecular formula is C39H36N4O5. The third kappa shape index (κ3) is 5.02. The van der Waals surface area contributed by atoms with E-state index in [9.17, 15) is 14.7 Å². The molecule has 5 aromatic rings. The van der Waals surface area contributed by atoms with E-state index in [4.69, 9.17) is 9.47 Å². The normalized spacial score (nSPS) is 16.1. The van der Waals surface area contributed by atoms with Gasteiger partial charge in [-0.2, -0.15) is 0 Å². The van der Waals surface area contributed by atoms with Gasteiger partial charge >= 0.3 is 0 Å². The van der Waals surface area contributed by atoms with Crippen LogP contribution in [0.5, 0.6) is 17.2 Å². The number of ether oxygens (including phenoxy) is 2. The lowest BCUT2D eigenvalue weighted by Crippen LogP contribution is -2.42. The van der Waals surface area contributed by atoms with Crippen LogP contribution in [0, 0.1) is 6.92 Å². The van der Waals surface area contributed by atoms with Crippen LogP contribution >= 0.6 is 0 Å². The molecule has 242 valence electrons. The molecule has 0 aliphatic carbocycles. The fourth-order valence-electron chi connectivity index (χ4n) is 7.16. The molecule has 48 heavy (non-hydrogen) atoms. The molecule has 0 saturated carbocycles. The second kappa shape index (κ2) is 11.5. The van der Waals surface area contributed by atoms with Crippen LogP contribution < -0.4 is 19.3 Å². The predicted molar refractivity (Wildman–Crippen MR) is 184 cm³/mol. The third-order valence-corrected chi connectivity index (χ3v) is 9.77. The van der Waals surface area contributed by atoms with Crippen LogP contribution in [0.15, 0.2) is 91.1 Å². The zero-order valence-electron chi connectivity index (χ0n) is 27.1. The number of likely N-dealkylation sites (N-methyl/N-ethyl adjacent to an activating group) is 1. The molecule has 0 unspecified atom stereocenters. The van der Waals surface area contributed by atoms with Crippen molar-refractivity contribution in [2.45, 2.75) is 39.3 Å². The monoisotopic (exact) mass is 640 g/mol. The van der Waals surface area contributed by atoms with Gasteiger partial charge in [0.2, 0.25) is 6.79 Å². The average Bonchev–Trinajstić information content (AvgIpc) is 3.82. The molecule has 2 amide bonds. The Kier molecular flexibility index (Phi) is 7.13. The summed E-state index contributed by atoms with van der Waals surface area (Å²) in [5.41, 5.74) is 8.44. The van der Waals surface area contributed by atoms with Crippen molar-refractivity contribution in [1.82, 2.24) is 9.47 Å². The lowest BCUT2D eigenvalue weighted by molar-refractivity contribution is 0.0657. The fourth-order valence-corrected chi connectivity index (χ4v) is 7.16. The summed E-state index contributed by atoms with van der Waals surface area (Å²) in [6.07, 6.45) is 3.46. The minimum Gasteiger partial charge on any atom is -0.508 e. The number of aromatic hydroxyl groups is 1. The summed E-state index contributed by atoms with van der Waals surface area (Å²) in [6.45, 7) is 5.51. The van der Waals surface area contributed by atoms with E-state index < -0.39 is 0 Å². The van der Waals surface area contributed by atoms with Crippen LogP contribution in [-0.2, 0) is 19.4 Å². The Labute approximate surface area is 279 Å². The second-order valence-electron chi connectivity index (χ2n) is 12.9. The number of carbonyl (C=O) groups is 2. The van der Waals surface area contributed by atoms with Crippen molar-refractivity contribution in [2.24, 2.45) is 0 Å². The lowest BCUT2D eigenvalue weighted by Gasteiger charge is -2.35. The van der Waals surface area contributed by atoms with Crippen molar-refractivity contribution in [3.8, 4) is 22.9 Å². The zero-order chi connectivity index (χ0) is 33.1. The number of rotatable bonds is 5. The van der Waals surface area contributed by atoms with Crippen LogP contribution in [-0.4, -0.2) is 52.8 Å². The predicted octanol–water partition coefficient (Wildman–Crippen LogP) is 6.78. The SMILES string of the molecule is Cc1cc(C(=O)N(c2ccc(O)cc2)c2ccc3c(c2)CCN3C)cn1-c1cc2c(cc1C(=O)N1Cc3ccccc3C[C@H]1C)OCO2. The minimum absolute atomic E-state index is 0.000420. The molecule has 0 spiro atoms. The highest BCUT2D eigenvalue weighted by Crippen LogP contribution is 2.39. The van der Waals surface area contributed by atoms with Gasteiger partial charge in [0.1, 0.15) is 5.75 Å². The Balaban J connectivity index is 1.19. The molecule has 9 nitrogen and oxygen atoms in total. The van der Waals surface area contributed by atoms with Gasteiger partial charge in [0, 0.05) is 61.2 Å². The van der Waals surface area contributed by atoms with Crippen LogP contribution in [0.25, 0.3) is 5.69 Å². The summed E-state index contributed by atoms with van der Waals surface area (Å²) < 4.78 is 13.4. The highest BCUT2D eigenvalue weighted by atomic mass is 16.7. The van der Waals surface area contributed by atoms with E-state index in [1.807, 2.05) is 46.7 Å². The van der Waals surface area contributed by atoms with Crippen molar-refractivity contribution in [2.75, 3.05) is 30.2 Å². The number of fused-ring (bicyclic) bond motifs is 3. The quantitative estimate of drug-likeness (QED) is 0.228.